The van der Waals surface area contributed by atoms with Crippen molar-refractivity contribution < 1.29 is 23.0 Å². The largest absolute Gasteiger partial charge is 0.573 e. The van der Waals surface area contributed by atoms with Gasteiger partial charge in [0.05, 0.1) is 16.8 Å². The van der Waals surface area contributed by atoms with Crippen LogP contribution in [0, 0.1) is 6.92 Å². The molecule has 29 heavy (non-hydrogen) atoms. The number of anilines is 1. The molecule has 2 N–H and O–H groups in total. The van der Waals surface area contributed by atoms with E-state index >= 15 is 0 Å². The second kappa shape index (κ2) is 8.67. The first-order valence-electron chi connectivity index (χ1n) is 8.57. The molecule has 0 saturated heterocycles. The number of aliphatic hydroxyl groups is 1. The molecule has 3 rings (SSSR count). The molecule has 5 nitrogen and oxygen atoms in total. The van der Waals surface area contributed by atoms with Crippen LogP contribution >= 0.6 is 11.6 Å². The summed E-state index contributed by atoms with van der Waals surface area (Å²) in [5.41, 5.74) is 2.81. The Morgan fingerprint density at radius 3 is 2.48 bits per heavy atom. The van der Waals surface area contributed by atoms with Gasteiger partial charge in [0.2, 0.25) is 0 Å². The Morgan fingerprint density at radius 2 is 1.83 bits per heavy atom. The lowest BCUT2D eigenvalue weighted by molar-refractivity contribution is -0.274. The van der Waals surface area contributed by atoms with E-state index in [1.807, 2.05) is 31.2 Å². The fourth-order valence-electron chi connectivity index (χ4n) is 2.59. The van der Waals surface area contributed by atoms with Gasteiger partial charge in [-0.1, -0.05) is 41.4 Å². The van der Waals surface area contributed by atoms with Crippen molar-refractivity contribution in [2.45, 2.75) is 19.4 Å². The smallest absolute Gasteiger partial charge is 0.404 e. The molecule has 1 heterocycles. The highest BCUT2D eigenvalue weighted by molar-refractivity contribution is 6.32. The van der Waals surface area contributed by atoms with Crippen molar-refractivity contribution in [3.63, 3.8) is 0 Å². The van der Waals surface area contributed by atoms with Crippen LogP contribution in [0.5, 0.6) is 5.75 Å². The zero-order chi connectivity index (χ0) is 21.0. The molecular formula is C20H17ClF3N3O2. The Hall–Kier alpha value is -2.84. The second-order valence-corrected chi connectivity index (χ2v) is 6.70. The monoisotopic (exact) mass is 423 g/mol. The van der Waals surface area contributed by atoms with Crippen molar-refractivity contribution >= 4 is 17.4 Å². The van der Waals surface area contributed by atoms with Crippen molar-refractivity contribution in [3.8, 4) is 17.0 Å². The standard InChI is InChI=1S/C20H17ClF3N3O2/c1-12-2-4-13(5-3-12)17(28)10-25-19-9-16(26-11-27-19)14-6-7-18(15(21)8-14)29-20(22,23)24/h2-9,11,17,28H,10H2,1H3,(H,25,26,27). The maximum atomic E-state index is 12.4. The number of nitrogens with zero attached hydrogens (tertiary/aromatic N) is 2. The molecule has 3 aromatic rings. The zero-order valence-corrected chi connectivity index (χ0v) is 16.0. The molecule has 0 spiro atoms. The van der Waals surface area contributed by atoms with Gasteiger partial charge in [-0.05, 0) is 30.7 Å². The normalized spacial score (nSPS) is 12.5. The molecule has 152 valence electrons. The minimum absolute atomic E-state index is 0.192. The van der Waals surface area contributed by atoms with Gasteiger partial charge in [0, 0.05) is 18.2 Å². The highest BCUT2D eigenvalue weighted by Gasteiger charge is 2.32. The lowest BCUT2D eigenvalue weighted by atomic mass is 10.1. The minimum atomic E-state index is -4.82. The number of alkyl halides is 3. The number of nitrogens with one attached hydrogen (secondary N) is 1. The number of ether oxygens (including phenoxy) is 1. The maximum absolute atomic E-state index is 12.4. The number of halogens is 4. The quantitative estimate of drug-likeness (QED) is 0.574. The summed E-state index contributed by atoms with van der Waals surface area (Å²) >= 11 is 5.89. The molecule has 0 aliphatic carbocycles. The van der Waals surface area contributed by atoms with Crippen molar-refractivity contribution in [1.82, 2.24) is 9.97 Å². The van der Waals surface area contributed by atoms with Crippen LogP contribution in [0.3, 0.4) is 0 Å². The SMILES string of the molecule is Cc1ccc(C(O)CNc2cc(-c3ccc(OC(F)(F)F)c(Cl)c3)ncn2)cc1. The zero-order valence-electron chi connectivity index (χ0n) is 15.2. The molecule has 9 heteroatoms. The van der Waals surface area contributed by atoms with E-state index in [-0.39, 0.29) is 11.6 Å². The number of hydrogen-bond donors (Lipinski definition) is 2. The summed E-state index contributed by atoms with van der Waals surface area (Å²) in [6.07, 6.45) is -4.25. The summed E-state index contributed by atoms with van der Waals surface area (Å²) in [6, 6.07) is 13.0. The van der Waals surface area contributed by atoms with Crippen LogP contribution in [0.1, 0.15) is 17.2 Å². The number of aryl methyl sites for hydroxylation is 1. The van der Waals surface area contributed by atoms with Gasteiger partial charge in [0.15, 0.2) is 0 Å². The fraction of sp³-hybridized carbons (Fsp3) is 0.200. The summed E-state index contributed by atoms with van der Waals surface area (Å²) < 4.78 is 40.9. The third kappa shape index (κ3) is 5.82. The Morgan fingerprint density at radius 1 is 1.10 bits per heavy atom. The van der Waals surface area contributed by atoms with Gasteiger partial charge in [-0.25, -0.2) is 9.97 Å². The van der Waals surface area contributed by atoms with Gasteiger partial charge >= 0.3 is 6.36 Å². The average molecular weight is 424 g/mol. The number of rotatable bonds is 6. The first kappa shape index (κ1) is 20.9. The van der Waals surface area contributed by atoms with Crippen LogP contribution in [0.25, 0.3) is 11.3 Å². The van der Waals surface area contributed by atoms with E-state index in [2.05, 4.69) is 20.0 Å². The fourth-order valence-corrected chi connectivity index (χ4v) is 2.81. The number of aliphatic hydroxyl groups excluding tert-OH is 1. The van der Waals surface area contributed by atoms with E-state index < -0.39 is 18.2 Å². The predicted octanol–water partition coefficient (Wildman–Crippen LogP) is 5.15. The van der Waals surface area contributed by atoms with Gasteiger partial charge < -0.3 is 15.2 Å². The molecule has 0 bridgehead atoms. The summed E-state index contributed by atoms with van der Waals surface area (Å²) in [5.74, 6) is -0.0376. The van der Waals surface area contributed by atoms with Crippen LogP contribution in [0.2, 0.25) is 5.02 Å². The van der Waals surface area contributed by atoms with Crippen LogP contribution < -0.4 is 10.1 Å². The molecule has 1 unspecified atom stereocenters. The van der Waals surface area contributed by atoms with Crippen LogP contribution in [0.15, 0.2) is 54.9 Å². The Labute approximate surface area is 170 Å². The van der Waals surface area contributed by atoms with Gasteiger partial charge in [0.25, 0.3) is 0 Å². The van der Waals surface area contributed by atoms with Crippen molar-refractivity contribution in [1.29, 1.82) is 0 Å². The molecule has 0 aliphatic heterocycles. The lowest BCUT2D eigenvalue weighted by Gasteiger charge is -2.14. The van der Waals surface area contributed by atoms with Crippen LogP contribution in [0.4, 0.5) is 19.0 Å². The number of benzene rings is 2. The van der Waals surface area contributed by atoms with E-state index in [1.165, 1.54) is 18.5 Å². The summed E-state index contributed by atoms with van der Waals surface area (Å²) in [4.78, 5) is 8.21. The molecule has 1 aromatic heterocycles. The Balaban J connectivity index is 1.70. The van der Waals surface area contributed by atoms with E-state index in [0.717, 1.165) is 17.2 Å². The van der Waals surface area contributed by atoms with E-state index in [9.17, 15) is 18.3 Å². The van der Waals surface area contributed by atoms with Crippen molar-refractivity contribution in [3.05, 3.63) is 71.0 Å². The summed E-state index contributed by atoms with van der Waals surface area (Å²) in [6.45, 7) is 2.18. The Bertz CT molecular complexity index is 981. The van der Waals surface area contributed by atoms with Crippen LogP contribution in [-0.2, 0) is 0 Å². The Kier molecular flexibility index (Phi) is 6.24. The molecule has 0 amide bonds. The van der Waals surface area contributed by atoms with Crippen molar-refractivity contribution in [2.24, 2.45) is 0 Å². The molecule has 2 aromatic carbocycles. The second-order valence-electron chi connectivity index (χ2n) is 6.29. The van der Waals surface area contributed by atoms with Gasteiger partial charge in [-0.15, -0.1) is 13.2 Å². The summed E-state index contributed by atoms with van der Waals surface area (Å²) in [7, 11) is 0. The average Bonchev–Trinajstić information content (AvgIpc) is 2.67. The molecule has 0 radical (unpaired) electrons. The minimum Gasteiger partial charge on any atom is -0.404 e. The lowest BCUT2D eigenvalue weighted by Crippen LogP contribution is -2.17. The van der Waals surface area contributed by atoms with Gasteiger partial charge in [-0.2, -0.15) is 0 Å². The molecular weight excluding hydrogens is 407 g/mol. The molecule has 0 fully saturated rings. The third-order valence-electron chi connectivity index (χ3n) is 4.06. The van der Waals surface area contributed by atoms with Gasteiger partial charge in [0.1, 0.15) is 17.9 Å². The molecule has 1 atom stereocenters. The van der Waals surface area contributed by atoms with Crippen LogP contribution in [-0.4, -0.2) is 28.0 Å². The van der Waals surface area contributed by atoms with E-state index in [0.29, 0.717) is 17.1 Å². The third-order valence-corrected chi connectivity index (χ3v) is 4.35. The maximum Gasteiger partial charge on any atom is 0.573 e. The summed E-state index contributed by atoms with van der Waals surface area (Å²) in [5, 5.41) is 13.1. The first-order chi connectivity index (χ1) is 13.7. The first-order valence-corrected chi connectivity index (χ1v) is 8.95. The number of hydrogen-bond acceptors (Lipinski definition) is 5. The molecule has 0 saturated carbocycles. The van der Waals surface area contributed by atoms with Crippen molar-refractivity contribution in [2.75, 3.05) is 11.9 Å². The molecule has 0 aliphatic rings. The number of aromatic nitrogens is 2. The predicted molar refractivity (Wildman–Crippen MR) is 104 cm³/mol. The highest BCUT2D eigenvalue weighted by atomic mass is 35.5. The highest BCUT2D eigenvalue weighted by Crippen LogP contribution is 2.33. The van der Waals surface area contributed by atoms with E-state index in [4.69, 9.17) is 11.6 Å². The van der Waals surface area contributed by atoms with E-state index in [1.54, 1.807) is 6.07 Å². The topological polar surface area (TPSA) is 67.3 Å². The van der Waals surface area contributed by atoms with Gasteiger partial charge in [-0.3, -0.25) is 0 Å².